The minimum atomic E-state index is 0.299. The molecule has 0 atom stereocenters. The molecule has 0 aliphatic carbocycles. The van der Waals surface area contributed by atoms with Gasteiger partial charge in [0.1, 0.15) is 17.4 Å². The van der Waals surface area contributed by atoms with E-state index in [4.69, 9.17) is 5.11 Å². The second kappa shape index (κ2) is 5.30. The van der Waals surface area contributed by atoms with Gasteiger partial charge in [-0.25, -0.2) is 9.97 Å². The lowest BCUT2D eigenvalue weighted by Gasteiger charge is -2.05. The van der Waals surface area contributed by atoms with Crippen molar-refractivity contribution < 1.29 is 5.11 Å². The van der Waals surface area contributed by atoms with Crippen molar-refractivity contribution in [2.75, 3.05) is 11.9 Å². The molecular weight excluding hydrogens is 214 g/mol. The van der Waals surface area contributed by atoms with Crippen molar-refractivity contribution >= 4 is 5.82 Å². The highest BCUT2D eigenvalue weighted by Crippen LogP contribution is 2.10. The number of hydrogen-bond acceptors (Lipinski definition) is 4. The number of benzene rings is 1. The summed E-state index contributed by atoms with van der Waals surface area (Å²) in [5, 5.41) is 12.4. The number of aromatic nitrogens is 2. The zero-order valence-corrected chi connectivity index (χ0v) is 9.72. The van der Waals surface area contributed by atoms with Gasteiger partial charge in [-0.15, -0.1) is 0 Å². The van der Waals surface area contributed by atoms with E-state index in [1.807, 2.05) is 25.1 Å². The summed E-state index contributed by atoms with van der Waals surface area (Å²) in [5.41, 5.74) is 1.18. The van der Waals surface area contributed by atoms with E-state index in [9.17, 15) is 0 Å². The number of aromatic hydroxyl groups is 1. The minimum Gasteiger partial charge on any atom is -0.508 e. The Bertz CT molecular complexity index is 482. The third-order valence-electron chi connectivity index (χ3n) is 2.43. The van der Waals surface area contributed by atoms with Crippen molar-refractivity contribution in [3.05, 3.63) is 47.9 Å². The van der Waals surface area contributed by atoms with E-state index >= 15 is 0 Å². The molecule has 2 rings (SSSR count). The summed E-state index contributed by atoms with van der Waals surface area (Å²) >= 11 is 0. The molecule has 0 saturated heterocycles. The highest BCUT2D eigenvalue weighted by Gasteiger charge is 1.96. The number of hydrogen-bond donors (Lipinski definition) is 2. The lowest BCUT2D eigenvalue weighted by Crippen LogP contribution is -2.06. The Morgan fingerprint density at radius 2 is 1.94 bits per heavy atom. The van der Waals surface area contributed by atoms with Crippen molar-refractivity contribution in [1.82, 2.24) is 9.97 Å². The third kappa shape index (κ3) is 3.45. The maximum atomic E-state index is 9.16. The molecule has 1 aromatic heterocycles. The number of rotatable bonds is 4. The van der Waals surface area contributed by atoms with E-state index in [-0.39, 0.29) is 0 Å². The molecule has 0 bridgehead atoms. The number of nitrogens with one attached hydrogen (secondary N) is 1. The first-order chi connectivity index (χ1) is 8.24. The molecule has 17 heavy (non-hydrogen) atoms. The highest BCUT2D eigenvalue weighted by atomic mass is 16.3. The van der Waals surface area contributed by atoms with E-state index in [1.54, 1.807) is 18.3 Å². The Balaban J connectivity index is 1.85. The number of anilines is 1. The van der Waals surface area contributed by atoms with Gasteiger partial charge in [0, 0.05) is 12.7 Å². The average Bonchev–Trinajstić information content (AvgIpc) is 2.32. The molecule has 2 N–H and O–H groups in total. The second-order valence-electron chi connectivity index (χ2n) is 3.83. The monoisotopic (exact) mass is 229 g/mol. The molecule has 0 spiro atoms. The Kier molecular flexibility index (Phi) is 3.55. The number of nitrogens with zero attached hydrogens (tertiary/aromatic N) is 2. The van der Waals surface area contributed by atoms with Gasteiger partial charge < -0.3 is 10.4 Å². The number of phenolic OH excluding ortho intramolecular Hbond substituents is 1. The molecule has 0 fully saturated rings. The Hall–Kier alpha value is -2.10. The first kappa shape index (κ1) is 11.4. The molecule has 0 aliphatic rings. The molecule has 0 radical (unpaired) electrons. The maximum absolute atomic E-state index is 9.16. The zero-order valence-electron chi connectivity index (χ0n) is 9.72. The van der Waals surface area contributed by atoms with Gasteiger partial charge in [0.2, 0.25) is 0 Å². The van der Waals surface area contributed by atoms with Gasteiger partial charge in [0.05, 0.1) is 0 Å². The Labute approximate surface area is 100 Å². The molecule has 0 aliphatic heterocycles. The molecular formula is C13H15N3O. The van der Waals surface area contributed by atoms with Crippen LogP contribution in [0, 0.1) is 6.92 Å². The predicted octanol–water partition coefficient (Wildman–Crippen LogP) is 2.15. The highest BCUT2D eigenvalue weighted by molar-refractivity contribution is 5.33. The fraction of sp³-hybridized carbons (Fsp3) is 0.231. The summed E-state index contributed by atoms with van der Waals surface area (Å²) < 4.78 is 0. The molecule has 88 valence electrons. The fourth-order valence-electron chi connectivity index (χ4n) is 1.55. The van der Waals surface area contributed by atoms with Crippen LogP contribution >= 0.6 is 0 Å². The first-order valence-corrected chi connectivity index (χ1v) is 5.55. The molecule has 2 aromatic rings. The molecule has 4 nitrogen and oxygen atoms in total. The van der Waals surface area contributed by atoms with Crippen LogP contribution in [-0.2, 0) is 6.42 Å². The van der Waals surface area contributed by atoms with E-state index in [0.29, 0.717) is 5.75 Å². The summed E-state index contributed by atoms with van der Waals surface area (Å²) in [6.45, 7) is 2.67. The van der Waals surface area contributed by atoms with Gasteiger partial charge >= 0.3 is 0 Å². The van der Waals surface area contributed by atoms with Gasteiger partial charge in [-0.05, 0) is 37.1 Å². The van der Waals surface area contributed by atoms with Crippen LogP contribution in [0.2, 0.25) is 0 Å². The lowest BCUT2D eigenvalue weighted by atomic mass is 10.1. The Morgan fingerprint density at radius 1 is 1.18 bits per heavy atom. The Morgan fingerprint density at radius 3 is 2.65 bits per heavy atom. The molecule has 0 unspecified atom stereocenters. The predicted molar refractivity (Wildman–Crippen MR) is 67.1 cm³/mol. The fourth-order valence-corrected chi connectivity index (χ4v) is 1.55. The van der Waals surface area contributed by atoms with E-state index < -0.39 is 0 Å². The van der Waals surface area contributed by atoms with Crippen LogP contribution in [0.4, 0.5) is 5.82 Å². The molecule has 4 heteroatoms. The quantitative estimate of drug-likeness (QED) is 0.843. The van der Waals surface area contributed by atoms with E-state index in [0.717, 1.165) is 24.6 Å². The van der Waals surface area contributed by atoms with Crippen molar-refractivity contribution in [3.8, 4) is 5.75 Å². The number of aryl methyl sites for hydroxylation is 1. The summed E-state index contributed by atoms with van der Waals surface area (Å²) in [7, 11) is 0. The van der Waals surface area contributed by atoms with Gasteiger partial charge in [-0.2, -0.15) is 0 Å². The van der Waals surface area contributed by atoms with Gasteiger partial charge in [0.25, 0.3) is 0 Å². The third-order valence-corrected chi connectivity index (χ3v) is 2.43. The van der Waals surface area contributed by atoms with Crippen molar-refractivity contribution in [2.45, 2.75) is 13.3 Å². The average molecular weight is 229 g/mol. The molecule has 0 saturated carbocycles. The van der Waals surface area contributed by atoms with Gasteiger partial charge in [0.15, 0.2) is 0 Å². The summed E-state index contributed by atoms with van der Waals surface area (Å²) in [6.07, 6.45) is 2.63. The maximum Gasteiger partial charge on any atom is 0.129 e. The molecule has 1 heterocycles. The summed E-state index contributed by atoms with van der Waals surface area (Å²) in [4.78, 5) is 8.29. The van der Waals surface area contributed by atoms with Crippen LogP contribution in [0.3, 0.4) is 0 Å². The van der Waals surface area contributed by atoms with E-state index in [2.05, 4.69) is 15.3 Å². The lowest BCUT2D eigenvalue weighted by molar-refractivity contribution is 0.475. The van der Waals surface area contributed by atoms with Crippen LogP contribution in [0.15, 0.2) is 36.5 Å². The molecule has 1 aromatic carbocycles. The van der Waals surface area contributed by atoms with Crippen molar-refractivity contribution in [1.29, 1.82) is 0 Å². The summed E-state index contributed by atoms with van der Waals surface area (Å²) in [5.74, 6) is 1.91. The van der Waals surface area contributed by atoms with Crippen LogP contribution in [0.25, 0.3) is 0 Å². The minimum absolute atomic E-state index is 0.299. The first-order valence-electron chi connectivity index (χ1n) is 5.55. The van der Waals surface area contributed by atoms with Gasteiger partial charge in [-0.1, -0.05) is 12.1 Å². The zero-order chi connectivity index (χ0) is 12.1. The van der Waals surface area contributed by atoms with Crippen LogP contribution < -0.4 is 5.32 Å². The standard InChI is InChI=1S/C13H15N3O/c1-10-14-9-7-13(16-10)15-8-6-11-2-4-12(17)5-3-11/h2-5,7,9,17H,6,8H2,1H3,(H,14,15,16). The molecule has 0 amide bonds. The second-order valence-corrected chi connectivity index (χ2v) is 3.83. The van der Waals surface area contributed by atoms with Crippen LogP contribution in [0.5, 0.6) is 5.75 Å². The van der Waals surface area contributed by atoms with Crippen LogP contribution in [-0.4, -0.2) is 21.6 Å². The topological polar surface area (TPSA) is 58.0 Å². The number of phenols is 1. The SMILES string of the molecule is Cc1nccc(NCCc2ccc(O)cc2)n1. The summed E-state index contributed by atoms with van der Waals surface area (Å²) in [6, 6.07) is 9.09. The largest absolute Gasteiger partial charge is 0.508 e. The normalized spacial score (nSPS) is 10.2. The van der Waals surface area contributed by atoms with Crippen molar-refractivity contribution in [2.24, 2.45) is 0 Å². The smallest absolute Gasteiger partial charge is 0.129 e. The van der Waals surface area contributed by atoms with E-state index in [1.165, 1.54) is 5.56 Å². The van der Waals surface area contributed by atoms with Crippen molar-refractivity contribution in [3.63, 3.8) is 0 Å². The van der Waals surface area contributed by atoms with Crippen LogP contribution in [0.1, 0.15) is 11.4 Å². The van der Waals surface area contributed by atoms with Gasteiger partial charge in [-0.3, -0.25) is 0 Å².